The van der Waals surface area contributed by atoms with Crippen LogP contribution in [0.1, 0.15) is 24.0 Å². The van der Waals surface area contributed by atoms with Crippen molar-refractivity contribution in [2.75, 3.05) is 13.1 Å². The fourth-order valence-electron chi connectivity index (χ4n) is 3.58. The molecule has 0 amide bonds. The topological polar surface area (TPSA) is 19.0 Å². The largest absolute Gasteiger partial charge is 0.361 e. The van der Waals surface area contributed by atoms with Crippen LogP contribution in [0.4, 0.5) is 0 Å². The van der Waals surface area contributed by atoms with Crippen molar-refractivity contribution in [1.82, 2.24) is 9.88 Å². The Labute approximate surface area is 143 Å². The van der Waals surface area contributed by atoms with Gasteiger partial charge in [-0.25, -0.2) is 0 Å². The molecule has 0 aliphatic carbocycles. The third-order valence-electron chi connectivity index (χ3n) is 5.03. The van der Waals surface area contributed by atoms with E-state index in [4.69, 9.17) is 0 Å². The number of aromatic amines is 1. The molecule has 1 aliphatic heterocycles. The summed E-state index contributed by atoms with van der Waals surface area (Å²) in [4.78, 5) is 5.93. The number of fused-ring (bicyclic) bond motifs is 1. The third-order valence-corrected chi connectivity index (χ3v) is 5.03. The molecule has 0 spiro atoms. The molecule has 1 N–H and O–H groups in total. The lowest BCUT2D eigenvalue weighted by atomic mass is 9.99. The van der Waals surface area contributed by atoms with Crippen molar-refractivity contribution in [3.8, 4) is 0 Å². The molecule has 2 nitrogen and oxygen atoms in total. The fraction of sp³-hybridized carbons (Fsp3) is 0.273. The first-order chi connectivity index (χ1) is 11.9. The maximum Gasteiger partial charge on any atom is 0.0457 e. The minimum atomic E-state index is 1.03. The zero-order chi connectivity index (χ0) is 16.2. The average Bonchev–Trinajstić information content (AvgIpc) is 3.05. The highest BCUT2D eigenvalue weighted by atomic mass is 15.1. The van der Waals surface area contributed by atoms with Crippen LogP contribution in [0.15, 0.2) is 72.4 Å². The lowest BCUT2D eigenvalue weighted by Gasteiger charge is -2.26. The smallest absolute Gasteiger partial charge is 0.0457 e. The molecule has 0 bridgehead atoms. The first-order valence-electron chi connectivity index (χ1n) is 8.88. The van der Waals surface area contributed by atoms with Gasteiger partial charge in [0.2, 0.25) is 0 Å². The van der Waals surface area contributed by atoms with E-state index >= 15 is 0 Å². The molecule has 4 rings (SSSR count). The maximum absolute atomic E-state index is 3.38. The van der Waals surface area contributed by atoms with Crippen molar-refractivity contribution in [2.24, 2.45) is 0 Å². The predicted octanol–water partition coefficient (Wildman–Crippen LogP) is 4.93. The van der Waals surface area contributed by atoms with Crippen molar-refractivity contribution in [2.45, 2.75) is 25.8 Å². The highest BCUT2D eigenvalue weighted by molar-refractivity contribution is 5.82. The molecule has 0 unspecified atom stereocenters. The van der Waals surface area contributed by atoms with E-state index in [-0.39, 0.29) is 0 Å². The Kier molecular flexibility index (Phi) is 4.48. The van der Waals surface area contributed by atoms with Gasteiger partial charge in [0, 0.05) is 36.7 Å². The molecule has 122 valence electrons. The number of aromatic nitrogens is 1. The van der Waals surface area contributed by atoms with E-state index in [0.717, 1.165) is 19.5 Å². The van der Waals surface area contributed by atoms with Crippen molar-refractivity contribution in [3.63, 3.8) is 0 Å². The monoisotopic (exact) mass is 316 g/mol. The summed E-state index contributed by atoms with van der Waals surface area (Å²) in [5.41, 5.74) is 5.71. The molecule has 0 saturated carbocycles. The van der Waals surface area contributed by atoms with E-state index in [1.807, 2.05) is 0 Å². The summed E-state index contributed by atoms with van der Waals surface area (Å²) in [6.45, 7) is 3.27. The number of hydrogen-bond acceptors (Lipinski definition) is 1. The first-order valence-corrected chi connectivity index (χ1v) is 8.88. The number of rotatable bonds is 5. The van der Waals surface area contributed by atoms with Crippen LogP contribution in [-0.4, -0.2) is 23.0 Å². The Balaban J connectivity index is 1.34. The highest BCUT2D eigenvalue weighted by Crippen LogP contribution is 2.22. The molecular formula is C22H24N2. The van der Waals surface area contributed by atoms with E-state index in [1.54, 1.807) is 5.57 Å². The van der Waals surface area contributed by atoms with Gasteiger partial charge in [-0.1, -0.05) is 60.2 Å². The van der Waals surface area contributed by atoms with Crippen LogP contribution in [0, 0.1) is 0 Å². The zero-order valence-electron chi connectivity index (χ0n) is 14.0. The Hall–Kier alpha value is -2.32. The van der Waals surface area contributed by atoms with Gasteiger partial charge in [-0.3, -0.25) is 4.90 Å². The molecule has 0 atom stereocenters. The minimum absolute atomic E-state index is 1.03. The van der Waals surface area contributed by atoms with E-state index in [2.05, 4.69) is 76.8 Å². The molecule has 1 aliphatic rings. The van der Waals surface area contributed by atoms with Crippen LogP contribution in [0.25, 0.3) is 10.9 Å². The van der Waals surface area contributed by atoms with Crippen molar-refractivity contribution >= 4 is 10.9 Å². The SMILES string of the molecule is C1=C(CCc2ccccc2)CCN(Cc2c[nH]c3ccccc23)C1. The van der Waals surface area contributed by atoms with Gasteiger partial charge in [-0.2, -0.15) is 0 Å². The molecule has 2 aromatic carbocycles. The fourth-order valence-corrected chi connectivity index (χ4v) is 3.58. The number of hydrogen-bond donors (Lipinski definition) is 1. The van der Waals surface area contributed by atoms with E-state index in [0.29, 0.717) is 0 Å². The summed E-state index contributed by atoms with van der Waals surface area (Å²) < 4.78 is 0. The van der Waals surface area contributed by atoms with Crippen LogP contribution in [-0.2, 0) is 13.0 Å². The van der Waals surface area contributed by atoms with Crippen LogP contribution >= 0.6 is 0 Å². The number of H-pyrrole nitrogens is 1. The normalized spacial score (nSPS) is 15.6. The second-order valence-corrected chi connectivity index (χ2v) is 6.69. The number of aryl methyl sites for hydroxylation is 1. The van der Waals surface area contributed by atoms with Crippen LogP contribution in [0.3, 0.4) is 0 Å². The third kappa shape index (κ3) is 3.44. The zero-order valence-corrected chi connectivity index (χ0v) is 14.0. The number of benzene rings is 2. The van der Waals surface area contributed by atoms with Crippen molar-refractivity contribution in [1.29, 1.82) is 0 Å². The minimum Gasteiger partial charge on any atom is -0.361 e. The van der Waals surface area contributed by atoms with Gasteiger partial charge >= 0.3 is 0 Å². The standard InChI is InChI=1S/C22H24N2/c1-2-6-18(7-3-1)10-11-19-12-14-24(15-13-19)17-20-16-23-22-9-5-4-8-21(20)22/h1-9,12,16,23H,10-11,13-15,17H2. The molecular weight excluding hydrogens is 292 g/mol. The van der Waals surface area contributed by atoms with Gasteiger partial charge in [0.25, 0.3) is 0 Å². The second-order valence-electron chi connectivity index (χ2n) is 6.69. The molecule has 0 saturated heterocycles. The number of nitrogens with one attached hydrogen (secondary N) is 1. The van der Waals surface area contributed by atoms with Crippen molar-refractivity contribution in [3.05, 3.63) is 83.6 Å². The van der Waals surface area contributed by atoms with Crippen molar-refractivity contribution < 1.29 is 0 Å². The summed E-state index contributed by atoms with van der Waals surface area (Å²) in [5.74, 6) is 0. The van der Waals surface area contributed by atoms with Gasteiger partial charge < -0.3 is 4.98 Å². The Morgan fingerprint density at radius 2 is 1.75 bits per heavy atom. The molecule has 0 radical (unpaired) electrons. The van der Waals surface area contributed by atoms with E-state index in [9.17, 15) is 0 Å². The Morgan fingerprint density at radius 3 is 2.58 bits per heavy atom. The summed E-state index contributed by atoms with van der Waals surface area (Å²) in [6.07, 6.45) is 8.18. The molecule has 2 heteroatoms. The lowest BCUT2D eigenvalue weighted by Crippen LogP contribution is -2.28. The predicted molar refractivity (Wildman–Crippen MR) is 101 cm³/mol. The number of nitrogens with zero attached hydrogens (tertiary/aromatic N) is 1. The van der Waals surface area contributed by atoms with E-state index in [1.165, 1.54) is 41.4 Å². The quantitative estimate of drug-likeness (QED) is 0.661. The number of para-hydroxylation sites is 1. The Bertz CT molecular complexity index is 829. The molecule has 0 fully saturated rings. The van der Waals surface area contributed by atoms with Gasteiger partial charge in [-0.15, -0.1) is 0 Å². The van der Waals surface area contributed by atoms with Gasteiger partial charge in [0.1, 0.15) is 0 Å². The molecule has 3 aromatic rings. The summed E-state index contributed by atoms with van der Waals surface area (Å²) in [6, 6.07) is 19.4. The lowest BCUT2D eigenvalue weighted by molar-refractivity contribution is 0.285. The Morgan fingerprint density at radius 1 is 0.917 bits per heavy atom. The molecule has 1 aromatic heterocycles. The highest BCUT2D eigenvalue weighted by Gasteiger charge is 2.13. The maximum atomic E-state index is 3.38. The van der Waals surface area contributed by atoms with Crippen LogP contribution < -0.4 is 0 Å². The molecule has 2 heterocycles. The van der Waals surface area contributed by atoms with Gasteiger partial charge in [0.15, 0.2) is 0 Å². The summed E-state index contributed by atoms with van der Waals surface area (Å²) >= 11 is 0. The average molecular weight is 316 g/mol. The first kappa shape index (κ1) is 15.2. The van der Waals surface area contributed by atoms with E-state index < -0.39 is 0 Å². The van der Waals surface area contributed by atoms with Crippen LogP contribution in [0.2, 0.25) is 0 Å². The van der Waals surface area contributed by atoms with Gasteiger partial charge in [-0.05, 0) is 36.5 Å². The second kappa shape index (κ2) is 7.06. The summed E-state index contributed by atoms with van der Waals surface area (Å²) in [7, 11) is 0. The summed E-state index contributed by atoms with van der Waals surface area (Å²) in [5, 5.41) is 1.36. The molecule has 24 heavy (non-hydrogen) atoms. The van der Waals surface area contributed by atoms with Gasteiger partial charge in [0.05, 0.1) is 0 Å². The van der Waals surface area contributed by atoms with Crippen LogP contribution in [0.5, 0.6) is 0 Å².